The minimum Gasteiger partial charge on any atom is -0.493 e. The molecular weight excluding hydrogens is 401 g/mol. The number of hydrogen-bond donors (Lipinski definition) is 0. The zero-order chi connectivity index (χ0) is 22.3. The highest BCUT2D eigenvalue weighted by molar-refractivity contribution is 5.89. The third-order valence-electron chi connectivity index (χ3n) is 4.80. The third-order valence-corrected chi connectivity index (χ3v) is 4.80. The molecule has 0 radical (unpaired) electrons. The van der Waals surface area contributed by atoms with Gasteiger partial charge < -0.3 is 19.3 Å². The summed E-state index contributed by atoms with van der Waals surface area (Å²) in [6, 6.07) is 5.40. The molecule has 9 heteroatoms. The van der Waals surface area contributed by atoms with Crippen molar-refractivity contribution in [2.24, 2.45) is 5.92 Å². The number of methoxy groups -OCH3 is 1. The first kappa shape index (κ1) is 23.8. The van der Waals surface area contributed by atoms with Crippen molar-refractivity contribution in [1.29, 1.82) is 0 Å². The van der Waals surface area contributed by atoms with E-state index in [1.54, 1.807) is 17.0 Å². The van der Waals surface area contributed by atoms with Gasteiger partial charge in [-0.1, -0.05) is 19.9 Å². The zero-order valence-electron chi connectivity index (χ0n) is 17.6. The van der Waals surface area contributed by atoms with E-state index in [1.165, 1.54) is 7.11 Å². The summed E-state index contributed by atoms with van der Waals surface area (Å²) in [4.78, 5) is 27.2. The number of rotatable bonds is 10. The van der Waals surface area contributed by atoms with Gasteiger partial charge in [-0.15, -0.1) is 0 Å². The third kappa shape index (κ3) is 6.53. The second-order valence-corrected chi connectivity index (χ2v) is 7.38. The Morgan fingerprint density at radius 3 is 2.57 bits per heavy atom. The van der Waals surface area contributed by atoms with Crippen LogP contribution in [0.25, 0.3) is 0 Å². The van der Waals surface area contributed by atoms with Gasteiger partial charge in [0.2, 0.25) is 11.8 Å². The quantitative estimate of drug-likeness (QED) is 0.569. The molecular formula is C21H29F3N2O4. The molecule has 1 fully saturated rings. The van der Waals surface area contributed by atoms with Crippen LogP contribution in [0.15, 0.2) is 18.2 Å². The van der Waals surface area contributed by atoms with Gasteiger partial charge in [-0.25, -0.2) is 0 Å². The Bertz CT molecular complexity index is 739. The number of carbonyl (C=O) groups is 2. The molecule has 0 aromatic heterocycles. The van der Waals surface area contributed by atoms with E-state index >= 15 is 0 Å². The standard InChI is InChI=1S/C21H29F3N2O4/c1-4-8-25(12-15-6-7-17(30-9-5-2)18(10-15)29-3)20(28)16-11-19(27)26(13-16)14-21(22,23)24/h6-7,10,16H,4-5,8-9,11-14H2,1-3H3. The van der Waals surface area contributed by atoms with Crippen LogP contribution in [-0.4, -0.2) is 61.1 Å². The molecule has 2 rings (SSSR count). The van der Waals surface area contributed by atoms with Crippen molar-refractivity contribution >= 4 is 11.8 Å². The van der Waals surface area contributed by atoms with Crippen LogP contribution in [0.5, 0.6) is 11.5 Å². The van der Waals surface area contributed by atoms with E-state index in [9.17, 15) is 22.8 Å². The number of ether oxygens (including phenoxy) is 2. The lowest BCUT2D eigenvalue weighted by Crippen LogP contribution is -2.39. The van der Waals surface area contributed by atoms with Crippen LogP contribution >= 0.6 is 0 Å². The predicted octanol–water partition coefficient (Wildman–Crippen LogP) is 3.63. The Morgan fingerprint density at radius 1 is 1.23 bits per heavy atom. The average Bonchev–Trinajstić information content (AvgIpc) is 3.04. The maximum atomic E-state index is 13.0. The molecule has 0 spiro atoms. The topological polar surface area (TPSA) is 59.1 Å². The molecule has 1 saturated heterocycles. The smallest absolute Gasteiger partial charge is 0.406 e. The molecule has 1 unspecified atom stereocenters. The average molecular weight is 430 g/mol. The van der Waals surface area contributed by atoms with Crippen LogP contribution in [0.4, 0.5) is 13.2 Å². The van der Waals surface area contributed by atoms with E-state index in [2.05, 4.69) is 0 Å². The van der Waals surface area contributed by atoms with E-state index in [0.717, 1.165) is 16.9 Å². The summed E-state index contributed by atoms with van der Waals surface area (Å²) in [5.74, 6) is -0.542. The maximum absolute atomic E-state index is 13.0. The van der Waals surface area contributed by atoms with Crippen LogP contribution in [0.3, 0.4) is 0 Å². The molecule has 30 heavy (non-hydrogen) atoms. The molecule has 1 aromatic rings. The van der Waals surface area contributed by atoms with Crippen molar-refractivity contribution in [2.45, 2.75) is 45.8 Å². The summed E-state index contributed by atoms with van der Waals surface area (Å²) < 4.78 is 48.9. The summed E-state index contributed by atoms with van der Waals surface area (Å²) in [7, 11) is 1.53. The first-order valence-corrected chi connectivity index (χ1v) is 10.1. The molecule has 168 valence electrons. The van der Waals surface area contributed by atoms with Gasteiger partial charge >= 0.3 is 6.18 Å². The van der Waals surface area contributed by atoms with Gasteiger partial charge in [0.05, 0.1) is 19.6 Å². The van der Waals surface area contributed by atoms with E-state index in [1.807, 2.05) is 19.9 Å². The second kappa shape index (κ2) is 10.5. The van der Waals surface area contributed by atoms with Crippen LogP contribution in [0, 0.1) is 5.92 Å². The van der Waals surface area contributed by atoms with Gasteiger partial charge in [0.25, 0.3) is 0 Å². The Morgan fingerprint density at radius 2 is 1.97 bits per heavy atom. The summed E-state index contributed by atoms with van der Waals surface area (Å²) in [6.07, 6.45) is -3.13. The normalized spacial score (nSPS) is 16.7. The SMILES string of the molecule is CCCOc1ccc(CN(CCC)C(=O)C2CC(=O)N(CC(F)(F)F)C2)cc1OC. The minimum absolute atomic E-state index is 0.192. The first-order chi connectivity index (χ1) is 14.2. The first-order valence-electron chi connectivity index (χ1n) is 10.1. The number of carbonyl (C=O) groups excluding carboxylic acids is 2. The Balaban J connectivity index is 2.10. The van der Waals surface area contributed by atoms with Crippen molar-refractivity contribution in [3.8, 4) is 11.5 Å². The lowest BCUT2D eigenvalue weighted by molar-refractivity contribution is -0.157. The highest BCUT2D eigenvalue weighted by atomic mass is 19.4. The fourth-order valence-electron chi connectivity index (χ4n) is 3.46. The van der Waals surface area contributed by atoms with Gasteiger partial charge in [0.1, 0.15) is 6.54 Å². The number of hydrogen-bond acceptors (Lipinski definition) is 4. The summed E-state index contributed by atoms with van der Waals surface area (Å²) in [5.41, 5.74) is 0.814. The van der Waals surface area contributed by atoms with Gasteiger partial charge in [0, 0.05) is 26.1 Å². The molecule has 1 aromatic carbocycles. The van der Waals surface area contributed by atoms with E-state index in [-0.39, 0.29) is 25.4 Å². The molecule has 0 saturated carbocycles. The summed E-state index contributed by atoms with van der Waals surface area (Å²) >= 11 is 0. The van der Waals surface area contributed by atoms with Gasteiger partial charge in [-0.3, -0.25) is 9.59 Å². The number of likely N-dealkylation sites (tertiary alicyclic amines) is 1. The van der Waals surface area contributed by atoms with Crippen LogP contribution < -0.4 is 9.47 Å². The lowest BCUT2D eigenvalue weighted by Gasteiger charge is -2.26. The van der Waals surface area contributed by atoms with Crippen molar-refractivity contribution in [2.75, 3.05) is 33.4 Å². The van der Waals surface area contributed by atoms with Crippen molar-refractivity contribution in [1.82, 2.24) is 9.80 Å². The molecule has 0 N–H and O–H groups in total. The van der Waals surface area contributed by atoms with Crippen LogP contribution in [0.1, 0.15) is 38.7 Å². The fourth-order valence-corrected chi connectivity index (χ4v) is 3.46. The summed E-state index contributed by atoms with van der Waals surface area (Å²) in [6.45, 7) is 3.67. The van der Waals surface area contributed by atoms with E-state index in [0.29, 0.717) is 31.1 Å². The fraction of sp³-hybridized carbons (Fsp3) is 0.619. The number of amides is 2. The molecule has 0 bridgehead atoms. The summed E-state index contributed by atoms with van der Waals surface area (Å²) in [5, 5.41) is 0. The molecule has 1 aliphatic heterocycles. The second-order valence-electron chi connectivity index (χ2n) is 7.38. The van der Waals surface area contributed by atoms with E-state index in [4.69, 9.17) is 9.47 Å². The van der Waals surface area contributed by atoms with Crippen molar-refractivity contribution < 1.29 is 32.2 Å². The minimum atomic E-state index is -4.48. The number of benzene rings is 1. The monoisotopic (exact) mass is 430 g/mol. The van der Waals surface area contributed by atoms with Crippen molar-refractivity contribution in [3.05, 3.63) is 23.8 Å². The van der Waals surface area contributed by atoms with Gasteiger partial charge in [-0.2, -0.15) is 13.2 Å². The highest BCUT2D eigenvalue weighted by Gasteiger charge is 2.41. The number of nitrogens with zero attached hydrogens (tertiary/aromatic N) is 2. The number of halogens is 3. The molecule has 1 heterocycles. The largest absolute Gasteiger partial charge is 0.493 e. The van der Waals surface area contributed by atoms with Gasteiger partial charge in [-0.05, 0) is 30.5 Å². The Hall–Kier alpha value is -2.45. The lowest BCUT2D eigenvalue weighted by atomic mass is 10.1. The maximum Gasteiger partial charge on any atom is 0.406 e. The predicted molar refractivity (Wildman–Crippen MR) is 105 cm³/mol. The molecule has 0 aliphatic carbocycles. The molecule has 1 aliphatic rings. The molecule has 2 amide bonds. The van der Waals surface area contributed by atoms with Gasteiger partial charge in [0.15, 0.2) is 11.5 Å². The number of alkyl halides is 3. The van der Waals surface area contributed by atoms with Crippen molar-refractivity contribution in [3.63, 3.8) is 0 Å². The molecule has 1 atom stereocenters. The van der Waals surface area contributed by atoms with Crippen LogP contribution in [-0.2, 0) is 16.1 Å². The highest BCUT2D eigenvalue weighted by Crippen LogP contribution is 2.30. The van der Waals surface area contributed by atoms with Crippen LogP contribution in [0.2, 0.25) is 0 Å². The molecule has 6 nitrogen and oxygen atoms in total. The Labute approximate surface area is 174 Å². The zero-order valence-corrected chi connectivity index (χ0v) is 17.6. The van der Waals surface area contributed by atoms with E-state index < -0.39 is 24.5 Å². The Kier molecular flexibility index (Phi) is 8.37.